The lowest BCUT2D eigenvalue weighted by atomic mass is 10.2. The van der Waals surface area contributed by atoms with Crippen LogP contribution in [0.4, 0.5) is 17.5 Å². The molecule has 2 amide bonds. The molecule has 12 heteroatoms. The lowest BCUT2D eigenvalue weighted by molar-refractivity contribution is -0.129. The van der Waals surface area contributed by atoms with Gasteiger partial charge in [-0.3, -0.25) is 14.8 Å². The van der Waals surface area contributed by atoms with E-state index in [1.165, 1.54) is 0 Å². The van der Waals surface area contributed by atoms with Crippen LogP contribution in [0, 0.1) is 0 Å². The van der Waals surface area contributed by atoms with Crippen molar-refractivity contribution in [1.82, 2.24) is 30.3 Å². The number of carbonyl (C=O) groups excluding carboxylic acids is 2. The van der Waals surface area contributed by atoms with E-state index < -0.39 is 5.91 Å². The molecule has 4 N–H and O–H groups in total. The summed E-state index contributed by atoms with van der Waals surface area (Å²) in [5.41, 5.74) is 3.69. The molecule has 1 aliphatic heterocycles. The van der Waals surface area contributed by atoms with Gasteiger partial charge in [0.25, 0.3) is 0 Å². The van der Waals surface area contributed by atoms with E-state index in [1.54, 1.807) is 16.4 Å². The van der Waals surface area contributed by atoms with Gasteiger partial charge in [0.05, 0.1) is 19.5 Å². The molecule has 0 saturated carbocycles. The Balaban J connectivity index is 1.45. The predicted octanol–water partition coefficient (Wildman–Crippen LogP) is 1.59. The van der Waals surface area contributed by atoms with Gasteiger partial charge in [-0.05, 0) is 25.0 Å². The number of nitrogens with one attached hydrogen (secondary N) is 3. The fourth-order valence-electron chi connectivity index (χ4n) is 3.83. The highest BCUT2D eigenvalue weighted by Crippen LogP contribution is 2.26. The SMILES string of the molecule is O=C(CCCCCNC(=O)Cn1cnc2c(N3CCOCC3)nc(Nc3ccccc3)nc21)NO. The average Bonchev–Trinajstić information content (AvgIpc) is 3.29. The van der Waals surface area contributed by atoms with Crippen LogP contribution >= 0.6 is 0 Å². The summed E-state index contributed by atoms with van der Waals surface area (Å²) in [4.78, 5) is 39.6. The third-order valence-corrected chi connectivity index (χ3v) is 5.63. The van der Waals surface area contributed by atoms with E-state index in [0.717, 1.165) is 18.5 Å². The molecule has 0 atom stereocenters. The Morgan fingerprint density at radius 1 is 1.03 bits per heavy atom. The number of para-hydroxylation sites is 1. The van der Waals surface area contributed by atoms with Gasteiger partial charge in [-0.15, -0.1) is 0 Å². The minimum absolute atomic E-state index is 0.0771. The van der Waals surface area contributed by atoms with Gasteiger partial charge in [0.1, 0.15) is 6.54 Å². The third kappa shape index (κ3) is 6.64. The summed E-state index contributed by atoms with van der Waals surface area (Å²) in [5, 5.41) is 14.6. The zero-order valence-electron chi connectivity index (χ0n) is 19.4. The number of hydrogen-bond acceptors (Lipinski definition) is 9. The van der Waals surface area contributed by atoms with Crippen molar-refractivity contribution in [2.75, 3.05) is 43.1 Å². The summed E-state index contributed by atoms with van der Waals surface area (Å²) < 4.78 is 7.21. The Labute approximate surface area is 202 Å². The van der Waals surface area contributed by atoms with Crippen LogP contribution in [0.15, 0.2) is 36.7 Å². The van der Waals surface area contributed by atoms with E-state index in [0.29, 0.717) is 62.2 Å². The van der Waals surface area contributed by atoms with Crippen LogP contribution in [0.5, 0.6) is 0 Å². The highest BCUT2D eigenvalue weighted by atomic mass is 16.5. The molecule has 0 unspecified atom stereocenters. The van der Waals surface area contributed by atoms with E-state index in [-0.39, 0.29) is 18.9 Å². The van der Waals surface area contributed by atoms with Gasteiger partial charge in [-0.2, -0.15) is 9.97 Å². The van der Waals surface area contributed by atoms with Crippen molar-refractivity contribution in [1.29, 1.82) is 0 Å². The lowest BCUT2D eigenvalue weighted by Gasteiger charge is -2.28. The third-order valence-electron chi connectivity index (χ3n) is 5.63. The van der Waals surface area contributed by atoms with Crippen molar-refractivity contribution in [2.24, 2.45) is 0 Å². The molecule has 0 radical (unpaired) electrons. The molecule has 3 aromatic rings. The Bertz CT molecular complexity index is 1130. The standard InChI is InChI=1S/C23H30N8O4/c32-18(29-34)9-5-2-6-10-24-19(33)15-31-16-25-20-21(30-11-13-35-14-12-30)27-23(28-22(20)31)26-17-7-3-1-4-8-17/h1,3-4,7-8,16,34H,2,5-6,9-15H2,(H,24,33)(H,29,32)(H,26,27,28). The molecular formula is C23H30N8O4. The van der Waals surface area contributed by atoms with Crippen LogP contribution in [0.3, 0.4) is 0 Å². The Hall–Kier alpha value is -3.77. The number of aromatic nitrogens is 4. The largest absolute Gasteiger partial charge is 0.378 e. The summed E-state index contributed by atoms with van der Waals surface area (Å²) >= 11 is 0. The maximum absolute atomic E-state index is 12.6. The van der Waals surface area contributed by atoms with E-state index in [9.17, 15) is 9.59 Å². The van der Waals surface area contributed by atoms with Gasteiger partial charge in [-0.25, -0.2) is 10.5 Å². The Kier molecular flexibility index (Phi) is 8.41. The minimum Gasteiger partial charge on any atom is -0.378 e. The second-order valence-corrected chi connectivity index (χ2v) is 8.20. The molecule has 0 bridgehead atoms. The topological polar surface area (TPSA) is 147 Å². The maximum atomic E-state index is 12.6. The quantitative estimate of drug-likeness (QED) is 0.182. The molecule has 1 saturated heterocycles. The number of fused-ring (bicyclic) bond motifs is 1. The van der Waals surface area contributed by atoms with Crippen molar-refractivity contribution in [3.05, 3.63) is 36.7 Å². The molecule has 3 heterocycles. The first-order chi connectivity index (χ1) is 17.1. The second kappa shape index (κ2) is 12.1. The summed E-state index contributed by atoms with van der Waals surface area (Å²) in [6.07, 6.45) is 4.03. The molecule has 1 aromatic carbocycles. The summed E-state index contributed by atoms with van der Waals surface area (Å²) in [6.45, 7) is 3.20. The molecule has 12 nitrogen and oxygen atoms in total. The highest BCUT2D eigenvalue weighted by molar-refractivity contribution is 5.87. The van der Waals surface area contributed by atoms with Crippen LogP contribution < -0.4 is 21.0 Å². The fourth-order valence-corrected chi connectivity index (χ4v) is 3.83. The molecule has 0 spiro atoms. The Morgan fingerprint density at radius 2 is 1.83 bits per heavy atom. The molecule has 2 aromatic heterocycles. The van der Waals surface area contributed by atoms with Crippen LogP contribution in [0.25, 0.3) is 11.2 Å². The molecule has 1 aliphatic rings. The normalized spacial score (nSPS) is 13.6. The van der Waals surface area contributed by atoms with Crippen LogP contribution in [-0.4, -0.2) is 69.4 Å². The number of unbranched alkanes of at least 4 members (excludes halogenated alkanes) is 2. The minimum atomic E-state index is -0.402. The van der Waals surface area contributed by atoms with E-state index in [1.807, 2.05) is 30.3 Å². The number of benzene rings is 1. The predicted molar refractivity (Wildman–Crippen MR) is 129 cm³/mol. The lowest BCUT2D eigenvalue weighted by Crippen LogP contribution is -2.37. The first kappa shape index (κ1) is 24.4. The number of nitrogens with zero attached hydrogens (tertiary/aromatic N) is 5. The van der Waals surface area contributed by atoms with Crippen molar-refractivity contribution < 1.29 is 19.5 Å². The number of morpholine rings is 1. The Morgan fingerprint density at radius 3 is 2.60 bits per heavy atom. The first-order valence-electron chi connectivity index (χ1n) is 11.7. The van der Waals surface area contributed by atoms with Crippen molar-refractivity contribution in [2.45, 2.75) is 32.2 Å². The van der Waals surface area contributed by atoms with Crippen LogP contribution in [0.2, 0.25) is 0 Å². The van der Waals surface area contributed by atoms with Crippen molar-refractivity contribution in [3.8, 4) is 0 Å². The molecule has 35 heavy (non-hydrogen) atoms. The number of anilines is 3. The monoisotopic (exact) mass is 482 g/mol. The van der Waals surface area contributed by atoms with Gasteiger partial charge in [0.2, 0.25) is 17.8 Å². The van der Waals surface area contributed by atoms with E-state index >= 15 is 0 Å². The zero-order chi connectivity index (χ0) is 24.5. The summed E-state index contributed by atoms with van der Waals surface area (Å²) in [7, 11) is 0. The number of carbonyl (C=O) groups is 2. The van der Waals surface area contributed by atoms with Gasteiger partial charge in [0.15, 0.2) is 17.0 Å². The van der Waals surface area contributed by atoms with Crippen molar-refractivity contribution in [3.63, 3.8) is 0 Å². The maximum Gasteiger partial charge on any atom is 0.243 e. The van der Waals surface area contributed by atoms with Gasteiger partial charge >= 0.3 is 0 Å². The van der Waals surface area contributed by atoms with Gasteiger partial charge in [0, 0.05) is 31.7 Å². The highest BCUT2D eigenvalue weighted by Gasteiger charge is 2.21. The van der Waals surface area contributed by atoms with Gasteiger partial charge < -0.3 is 24.8 Å². The van der Waals surface area contributed by atoms with Crippen molar-refractivity contribution >= 4 is 40.4 Å². The zero-order valence-corrected chi connectivity index (χ0v) is 19.4. The van der Waals surface area contributed by atoms with Gasteiger partial charge in [-0.1, -0.05) is 24.6 Å². The van der Waals surface area contributed by atoms with E-state index in [2.05, 4.69) is 25.5 Å². The number of hydrogen-bond donors (Lipinski definition) is 4. The number of ether oxygens (including phenoxy) is 1. The number of hydroxylamine groups is 1. The molecular weight excluding hydrogens is 452 g/mol. The molecule has 0 aliphatic carbocycles. The van der Waals surface area contributed by atoms with Crippen LogP contribution in [-0.2, 0) is 20.9 Å². The fraction of sp³-hybridized carbons (Fsp3) is 0.435. The average molecular weight is 483 g/mol. The smallest absolute Gasteiger partial charge is 0.243 e. The second-order valence-electron chi connectivity index (χ2n) is 8.20. The van der Waals surface area contributed by atoms with Crippen LogP contribution in [0.1, 0.15) is 25.7 Å². The molecule has 1 fully saturated rings. The first-order valence-corrected chi connectivity index (χ1v) is 11.7. The number of amides is 2. The number of rotatable bonds is 11. The molecule has 4 rings (SSSR count). The summed E-state index contributed by atoms with van der Waals surface area (Å²) in [6, 6.07) is 9.67. The number of imidazole rings is 1. The summed E-state index contributed by atoms with van der Waals surface area (Å²) in [5.74, 6) is 0.587. The molecule has 186 valence electrons. The van der Waals surface area contributed by atoms with E-state index in [4.69, 9.17) is 14.9 Å².